The average molecular weight is 325 g/mol. The Morgan fingerprint density at radius 3 is 2.50 bits per heavy atom. The quantitative estimate of drug-likeness (QED) is 0.822. The molecule has 1 aromatic heterocycles. The number of rotatable bonds is 7. The van der Waals surface area contributed by atoms with Gasteiger partial charge < -0.3 is 15.3 Å². The van der Waals surface area contributed by atoms with Crippen LogP contribution in [0.3, 0.4) is 0 Å². The lowest BCUT2D eigenvalue weighted by molar-refractivity contribution is 0.134. The van der Waals surface area contributed by atoms with E-state index < -0.39 is 6.10 Å². The van der Waals surface area contributed by atoms with Gasteiger partial charge in [-0.15, -0.1) is 0 Å². The lowest BCUT2D eigenvalue weighted by Gasteiger charge is -2.21. The third kappa shape index (κ3) is 4.56. The molecule has 128 valence electrons. The molecule has 2 aromatic rings. The van der Waals surface area contributed by atoms with Gasteiger partial charge >= 0.3 is 0 Å². The number of benzene rings is 1. The summed E-state index contributed by atoms with van der Waals surface area (Å²) in [7, 11) is 0. The maximum atomic E-state index is 10.4. The van der Waals surface area contributed by atoms with Crippen LogP contribution < -0.4 is 10.2 Å². The summed E-state index contributed by atoms with van der Waals surface area (Å²) in [4.78, 5) is 6.91. The number of aliphatic hydroxyl groups excluding tert-OH is 1. The molecule has 0 saturated carbocycles. The van der Waals surface area contributed by atoms with E-state index in [1.807, 2.05) is 31.3 Å². The van der Waals surface area contributed by atoms with Crippen LogP contribution in [0.15, 0.2) is 48.7 Å². The van der Waals surface area contributed by atoms with Crippen LogP contribution in [-0.4, -0.2) is 35.3 Å². The average Bonchev–Trinajstić information content (AvgIpc) is 3.15. The van der Waals surface area contributed by atoms with Crippen molar-refractivity contribution in [3.05, 3.63) is 59.8 Å². The van der Waals surface area contributed by atoms with Crippen molar-refractivity contribution < 1.29 is 5.11 Å². The van der Waals surface area contributed by atoms with Gasteiger partial charge in [0.1, 0.15) is 5.82 Å². The van der Waals surface area contributed by atoms with Crippen molar-refractivity contribution in [1.82, 2.24) is 10.3 Å². The molecule has 24 heavy (non-hydrogen) atoms. The Hall–Kier alpha value is -1.91. The molecular weight excluding hydrogens is 298 g/mol. The number of hydrogen-bond acceptors (Lipinski definition) is 4. The molecule has 4 nitrogen and oxygen atoms in total. The van der Waals surface area contributed by atoms with E-state index in [-0.39, 0.29) is 6.04 Å². The van der Waals surface area contributed by atoms with Crippen LogP contribution >= 0.6 is 0 Å². The van der Waals surface area contributed by atoms with E-state index in [4.69, 9.17) is 0 Å². The highest BCUT2D eigenvalue weighted by Gasteiger charge is 2.15. The normalized spacial score (nSPS) is 17.0. The summed E-state index contributed by atoms with van der Waals surface area (Å²) < 4.78 is 0. The minimum atomic E-state index is -0.399. The van der Waals surface area contributed by atoms with E-state index in [2.05, 4.69) is 39.5 Å². The molecule has 0 aliphatic carbocycles. The van der Waals surface area contributed by atoms with E-state index in [1.54, 1.807) is 0 Å². The molecule has 1 saturated heterocycles. The predicted molar refractivity (Wildman–Crippen MR) is 98.1 cm³/mol. The molecule has 2 atom stereocenters. The fourth-order valence-electron chi connectivity index (χ4n) is 3.10. The first-order valence-corrected chi connectivity index (χ1v) is 8.87. The number of pyridine rings is 1. The Morgan fingerprint density at radius 1 is 1.08 bits per heavy atom. The Balaban J connectivity index is 1.47. The summed E-state index contributed by atoms with van der Waals surface area (Å²) in [5, 5.41) is 13.8. The minimum Gasteiger partial charge on any atom is -0.391 e. The molecule has 1 aromatic carbocycles. The fraction of sp³-hybridized carbons (Fsp3) is 0.450. The van der Waals surface area contributed by atoms with Crippen molar-refractivity contribution >= 4 is 5.82 Å². The van der Waals surface area contributed by atoms with Crippen LogP contribution in [-0.2, 0) is 13.0 Å². The summed E-state index contributed by atoms with van der Waals surface area (Å²) in [6.45, 7) is 4.99. The van der Waals surface area contributed by atoms with Gasteiger partial charge in [0, 0.05) is 31.9 Å². The van der Waals surface area contributed by atoms with Crippen molar-refractivity contribution in [1.29, 1.82) is 0 Å². The summed E-state index contributed by atoms with van der Waals surface area (Å²) in [5.41, 5.74) is 2.31. The molecule has 4 heteroatoms. The van der Waals surface area contributed by atoms with Crippen molar-refractivity contribution in [2.24, 2.45) is 0 Å². The molecule has 0 amide bonds. The number of aliphatic hydroxyl groups is 1. The second-order valence-electron chi connectivity index (χ2n) is 6.65. The molecule has 1 fully saturated rings. The highest BCUT2D eigenvalue weighted by Crippen LogP contribution is 2.17. The maximum absolute atomic E-state index is 10.4. The van der Waals surface area contributed by atoms with Crippen LogP contribution in [0, 0.1) is 0 Å². The van der Waals surface area contributed by atoms with Gasteiger partial charge in [-0.1, -0.05) is 36.4 Å². The summed E-state index contributed by atoms with van der Waals surface area (Å²) in [6, 6.07) is 14.4. The van der Waals surface area contributed by atoms with Gasteiger partial charge in [-0.05, 0) is 43.4 Å². The number of nitrogens with one attached hydrogen (secondary N) is 1. The second kappa shape index (κ2) is 8.27. The van der Waals surface area contributed by atoms with Crippen LogP contribution in [0.4, 0.5) is 5.82 Å². The number of nitrogens with zero attached hydrogens (tertiary/aromatic N) is 2. The van der Waals surface area contributed by atoms with Crippen LogP contribution in [0.5, 0.6) is 0 Å². The topological polar surface area (TPSA) is 48.4 Å². The largest absolute Gasteiger partial charge is 0.391 e. The van der Waals surface area contributed by atoms with E-state index in [0.29, 0.717) is 6.42 Å². The monoisotopic (exact) mass is 325 g/mol. The Labute approximate surface area is 144 Å². The van der Waals surface area contributed by atoms with Gasteiger partial charge in [0.2, 0.25) is 0 Å². The molecule has 1 aliphatic rings. The van der Waals surface area contributed by atoms with Crippen molar-refractivity contribution in [3.63, 3.8) is 0 Å². The van der Waals surface area contributed by atoms with E-state index >= 15 is 0 Å². The molecule has 2 N–H and O–H groups in total. The fourth-order valence-corrected chi connectivity index (χ4v) is 3.10. The summed E-state index contributed by atoms with van der Waals surface area (Å²) >= 11 is 0. The third-order valence-electron chi connectivity index (χ3n) is 4.73. The van der Waals surface area contributed by atoms with Crippen molar-refractivity contribution in [2.75, 3.05) is 18.0 Å². The highest BCUT2D eigenvalue weighted by atomic mass is 16.3. The predicted octanol–water partition coefficient (Wildman–Crippen LogP) is 2.76. The van der Waals surface area contributed by atoms with E-state index in [1.165, 1.54) is 12.8 Å². The molecule has 3 rings (SSSR count). The zero-order chi connectivity index (χ0) is 16.8. The first kappa shape index (κ1) is 16.9. The summed E-state index contributed by atoms with van der Waals surface area (Å²) in [5.74, 6) is 1.08. The van der Waals surface area contributed by atoms with Crippen molar-refractivity contribution in [2.45, 2.75) is 44.9 Å². The minimum absolute atomic E-state index is 0.0310. The zero-order valence-corrected chi connectivity index (χ0v) is 14.4. The standard InChI is InChI=1S/C20H27N3O/c1-16(19(24)13-17-7-3-2-4-8-17)21-14-18-9-10-20(22-15-18)23-11-5-6-12-23/h2-4,7-10,15-16,19,21,24H,5-6,11-14H2,1H3. The van der Waals surface area contributed by atoms with Gasteiger partial charge in [-0.25, -0.2) is 4.98 Å². The highest BCUT2D eigenvalue weighted by molar-refractivity contribution is 5.40. The molecule has 1 aliphatic heterocycles. The summed E-state index contributed by atoms with van der Waals surface area (Å²) in [6.07, 6.45) is 4.74. The molecule has 0 bridgehead atoms. The molecule has 2 unspecified atom stereocenters. The molecular formula is C20H27N3O. The Morgan fingerprint density at radius 2 is 1.83 bits per heavy atom. The molecule has 0 radical (unpaired) electrons. The first-order valence-electron chi connectivity index (χ1n) is 8.87. The smallest absolute Gasteiger partial charge is 0.128 e. The van der Waals surface area contributed by atoms with E-state index in [9.17, 15) is 5.11 Å². The number of anilines is 1. The molecule has 2 heterocycles. The van der Waals surface area contributed by atoms with Crippen LogP contribution in [0.1, 0.15) is 30.9 Å². The zero-order valence-electron chi connectivity index (χ0n) is 14.4. The lowest BCUT2D eigenvalue weighted by Crippen LogP contribution is -2.38. The van der Waals surface area contributed by atoms with Gasteiger partial charge in [0.15, 0.2) is 0 Å². The van der Waals surface area contributed by atoms with Crippen molar-refractivity contribution in [3.8, 4) is 0 Å². The lowest BCUT2D eigenvalue weighted by atomic mass is 10.0. The van der Waals surface area contributed by atoms with Crippen LogP contribution in [0.2, 0.25) is 0 Å². The van der Waals surface area contributed by atoms with Crippen LogP contribution in [0.25, 0.3) is 0 Å². The maximum Gasteiger partial charge on any atom is 0.128 e. The van der Waals surface area contributed by atoms with Gasteiger partial charge in [0.05, 0.1) is 6.10 Å². The third-order valence-corrected chi connectivity index (χ3v) is 4.73. The van der Waals surface area contributed by atoms with Gasteiger partial charge in [-0.2, -0.15) is 0 Å². The Kier molecular flexibility index (Phi) is 5.83. The SMILES string of the molecule is CC(NCc1ccc(N2CCCC2)nc1)C(O)Cc1ccccc1. The van der Waals surface area contributed by atoms with Gasteiger partial charge in [-0.3, -0.25) is 0 Å². The molecule has 0 spiro atoms. The Bertz CT molecular complexity index is 609. The van der Waals surface area contributed by atoms with Gasteiger partial charge in [0.25, 0.3) is 0 Å². The first-order chi connectivity index (χ1) is 11.7. The number of hydrogen-bond donors (Lipinski definition) is 2. The second-order valence-corrected chi connectivity index (χ2v) is 6.65. The van der Waals surface area contributed by atoms with E-state index in [0.717, 1.165) is 36.6 Å². The number of aromatic nitrogens is 1.